The van der Waals surface area contributed by atoms with Gasteiger partial charge in [0.25, 0.3) is 5.69 Å². The Labute approximate surface area is 190 Å². The molecule has 1 aliphatic carbocycles. The first-order chi connectivity index (χ1) is 16.0. The van der Waals surface area contributed by atoms with Crippen LogP contribution in [0.5, 0.6) is 5.75 Å². The molecule has 0 spiro atoms. The van der Waals surface area contributed by atoms with Crippen molar-refractivity contribution >= 4 is 17.5 Å². The van der Waals surface area contributed by atoms with Crippen LogP contribution in [0.25, 0.3) is 11.1 Å². The van der Waals surface area contributed by atoms with Gasteiger partial charge in [0.1, 0.15) is 18.0 Å². The van der Waals surface area contributed by atoms with Crippen LogP contribution in [0.1, 0.15) is 22.6 Å². The van der Waals surface area contributed by atoms with E-state index in [0.717, 1.165) is 22.3 Å². The summed E-state index contributed by atoms with van der Waals surface area (Å²) in [6.07, 6.45) is -0.601. The average molecular weight is 443 g/mol. The quantitative estimate of drug-likeness (QED) is 0.266. The minimum atomic E-state index is -0.601. The number of ether oxygens (including phenoxy) is 2. The van der Waals surface area contributed by atoms with E-state index in [9.17, 15) is 14.9 Å². The number of alkyl carbamates (subject to hydrolysis) is 1. The second-order valence-corrected chi connectivity index (χ2v) is 7.35. The number of amides is 1. The number of rotatable bonds is 5. The van der Waals surface area contributed by atoms with Crippen LogP contribution in [-0.4, -0.2) is 31.3 Å². The molecular weight excluding hydrogens is 422 g/mol. The molecule has 8 heteroatoms. The molecule has 0 aliphatic heterocycles. The van der Waals surface area contributed by atoms with Gasteiger partial charge in [0.15, 0.2) is 0 Å². The van der Waals surface area contributed by atoms with Crippen LogP contribution >= 0.6 is 0 Å². The first-order valence-electron chi connectivity index (χ1n) is 10.2. The molecule has 4 rings (SSSR count). The van der Waals surface area contributed by atoms with Crippen LogP contribution in [0.15, 0.2) is 60.7 Å². The zero-order chi connectivity index (χ0) is 23.4. The van der Waals surface area contributed by atoms with Crippen molar-refractivity contribution in [3.05, 3.63) is 87.5 Å². The van der Waals surface area contributed by atoms with E-state index in [1.807, 2.05) is 36.4 Å². The lowest BCUT2D eigenvalue weighted by Gasteiger charge is -2.14. The van der Waals surface area contributed by atoms with Crippen molar-refractivity contribution in [2.24, 2.45) is 0 Å². The summed E-state index contributed by atoms with van der Waals surface area (Å²) < 4.78 is 10.5. The molecule has 3 aromatic carbocycles. The van der Waals surface area contributed by atoms with Crippen LogP contribution in [-0.2, 0) is 4.74 Å². The predicted molar refractivity (Wildman–Crippen MR) is 124 cm³/mol. The normalized spacial score (nSPS) is 11.5. The summed E-state index contributed by atoms with van der Waals surface area (Å²) >= 11 is 0. The van der Waals surface area contributed by atoms with Gasteiger partial charge in [0.05, 0.1) is 30.2 Å². The summed E-state index contributed by atoms with van der Waals surface area (Å²) in [5.74, 6) is 5.69. The Balaban J connectivity index is 1.38. The largest absolute Gasteiger partial charge is 0.496 e. The smallest absolute Gasteiger partial charge is 0.407 e. The lowest BCUT2D eigenvalue weighted by Crippen LogP contribution is -2.26. The standard InChI is InChI=1S/C25H21N3O5/c1-32-17-13-16(24(26)23(14-17)28(30)31)7-6-12-27-25(29)33-15-22-20-10-4-2-8-18(20)19-9-3-5-11-21(19)22/h2-5,8-11,13-14,22H,12,15,26H2,1H3,(H,27,29). The third kappa shape index (κ3) is 4.43. The molecule has 0 radical (unpaired) electrons. The van der Waals surface area contributed by atoms with Crippen LogP contribution in [0.4, 0.5) is 16.2 Å². The molecule has 0 fully saturated rings. The Hall–Kier alpha value is -4.51. The lowest BCUT2D eigenvalue weighted by atomic mass is 9.98. The van der Waals surface area contributed by atoms with Gasteiger partial charge in [-0.1, -0.05) is 60.4 Å². The highest BCUT2D eigenvalue weighted by atomic mass is 16.6. The van der Waals surface area contributed by atoms with Crippen molar-refractivity contribution in [2.45, 2.75) is 5.92 Å². The van der Waals surface area contributed by atoms with Gasteiger partial charge in [-0.05, 0) is 28.3 Å². The number of anilines is 1. The Kier molecular flexibility index (Phi) is 6.13. The molecule has 0 saturated heterocycles. The number of nitrogens with zero attached hydrogens (tertiary/aromatic N) is 1. The van der Waals surface area contributed by atoms with Crippen molar-refractivity contribution in [3.8, 4) is 28.7 Å². The average Bonchev–Trinajstić information content (AvgIpc) is 3.15. The number of nitrogen functional groups attached to an aromatic ring is 1. The van der Waals surface area contributed by atoms with Gasteiger partial charge in [-0.15, -0.1) is 0 Å². The minimum absolute atomic E-state index is 0.0128. The monoisotopic (exact) mass is 443 g/mol. The molecule has 1 aliphatic rings. The number of methoxy groups -OCH3 is 1. The maximum atomic E-state index is 12.2. The number of hydrogen-bond donors (Lipinski definition) is 2. The van der Waals surface area contributed by atoms with Gasteiger partial charge in [0, 0.05) is 5.92 Å². The van der Waals surface area contributed by atoms with Gasteiger partial charge in [-0.3, -0.25) is 10.1 Å². The molecule has 0 heterocycles. The van der Waals surface area contributed by atoms with Gasteiger partial charge in [0.2, 0.25) is 0 Å². The number of carbonyl (C=O) groups is 1. The lowest BCUT2D eigenvalue weighted by molar-refractivity contribution is -0.384. The highest BCUT2D eigenvalue weighted by Gasteiger charge is 2.28. The summed E-state index contributed by atoms with van der Waals surface area (Å²) in [6.45, 7) is 0.184. The molecule has 8 nitrogen and oxygen atoms in total. The molecule has 0 atom stereocenters. The van der Waals surface area contributed by atoms with Crippen LogP contribution in [0.2, 0.25) is 0 Å². The number of benzene rings is 3. The van der Waals surface area contributed by atoms with Gasteiger partial charge >= 0.3 is 6.09 Å². The van der Waals surface area contributed by atoms with Crippen molar-refractivity contribution in [1.29, 1.82) is 0 Å². The molecule has 1 amide bonds. The van der Waals surface area contributed by atoms with Crippen LogP contribution < -0.4 is 15.8 Å². The number of carbonyl (C=O) groups excluding carboxylic acids is 1. The Morgan fingerprint density at radius 3 is 2.36 bits per heavy atom. The van der Waals surface area contributed by atoms with Crippen molar-refractivity contribution in [3.63, 3.8) is 0 Å². The summed E-state index contributed by atoms with van der Waals surface area (Å²) in [7, 11) is 1.39. The number of nitro groups is 1. The molecule has 0 bridgehead atoms. The molecule has 33 heavy (non-hydrogen) atoms. The van der Waals surface area contributed by atoms with E-state index in [4.69, 9.17) is 15.2 Å². The number of fused-ring (bicyclic) bond motifs is 3. The van der Waals surface area contributed by atoms with Gasteiger partial charge < -0.3 is 20.5 Å². The van der Waals surface area contributed by atoms with E-state index < -0.39 is 11.0 Å². The fourth-order valence-electron chi connectivity index (χ4n) is 3.89. The summed E-state index contributed by atoms with van der Waals surface area (Å²) in [5, 5.41) is 13.7. The predicted octanol–water partition coefficient (Wildman–Crippen LogP) is 4.08. The van der Waals surface area contributed by atoms with E-state index in [-0.39, 0.29) is 41.8 Å². The van der Waals surface area contributed by atoms with Crippen LogP contribution in [0.3, 0.4) is 0 Å². The van der Waals surface area contributed by atoms with E-state index in [0.29, 0.717) is 0 Å². The van der Waals surface area contributed by atoms with E-state index >= 15 is 0 Å². The second-order valence-electron chi connectivity index (χ2n) is 7.35. The summed E-state index contributed by atoms with van der Waals surface area (Å²) in [5.41, 5.74) is 10.3. The highest BCUT2D eigenvalue weighted by molar-refractivity contribution is 5.79. The van der Waals surface area contributed by atoms with E-state index in [1.165, 1.54) is 19.2 Å². The molecule has 0 aromatic heterocycles. The van der Waals surface area contributed by atoms with Gasteiger partial charge in [-0.2, -0.15) is 0 Å². The Bertz CT molecular complexity index is 1250. The number of hydrogen-bond acceptors (Lipinski definition) is 6. The van der Waals surface area contributed by atoms with E-state index in [1.54, 1.807) is 0 Å². The van der Waals surface area contributed by atoms with E-state index in [2.05, 4.69) is 29.3 Å². The first-order valence-corrected chi connectivity index (χ1v) is 10.2. The zero-order valence-electron chi connectivity index (χ0n) is 17.8. The SMILES string of the molecule is COc1cc(C#CCNC(=O)OCC2c3ccccc3-c3ccccc32)c(N)c([N+](=O)[O-])c1. The minimum Gasteiger partial charge on any atom is -0.496 e. The zero-order valence-corrected chi connectivity index (χ0v) is 17.8. The second kappa shape index (κ2) is 9.32. The Morgan fingerprint density at radius 2 is 1.76 bits per heavy atom. The fourth-order valence-corrected chi connectivity index (χ4v) is 3.89. The topological polar surface area (TPSA) is 117 Å². The van der Waals surface area contributed by atoms with Crippen molar-refractivity contribution < 1.29 is 19.2 Å². The van der Waals surface area contributed by atoms with Crippen molar-refractivity contribution in [2.75, 3.05) is 26.0 Å². The van der Waals surface area contributed by atoms with Crippen LogP contribution in [0, 0.1) is 22.0 Å². The van der Waals surface area contributed by atoms with Crippen molar-refractivity contribution in [1.82, 2.24) is 5.32 Å². The first kappa shape index (κ1) is 21.7. The molecule has 3 aromatic rings. The maximum Gasteiger partial charge on any atom is 0.407 e. The third-order valence-corrected chi connectivity index (χ3v) is 5.45. The third-order valence-electron chi connectivity index (χ3n) is 5.45. The maximum absolute atomic E-state index is 12.2. The molecule has 0 unspecified atom stereocenters. The molecular formula is C25H21N3O5. The molecule has 166 valence electrons. The molecule has 0 saturated carbocycles. The summed E-state index contributed by atoms with van der Waals surface area (Å²) in [4.78, 5) is 22.8. The number of nitrogens with one attached hydrogen (secondary N) is 1. The molecule has 3 N–H and O–H groups in total. The summed E-state index contributed by atoms with van der Waals surface area (Å²) in [6, 6.07) is 18.9. The van der Waals surface area contributed by atoms with Gasteiger partial charge in [-0.25, -0.2) is 4.79 Å². The Morgan fingerprint density at radius 1 is 1.12 bits per heavy atom. The highest BCUT2D eigenvalue weighted by Crippen LogP contribution is 2.44. The fraction of sp³-hybridized carbons (Fsp3) is 0.160. The number of nitro benzene ring substituents is 1. The number of nitrogens with two attached hydrogens (primary N) is 1.